The number of aryl methyl sites for hydroxylation is 1. The molecule has 1 N–H and O–H groups in total. The van der Waals surface area contributed by atoms with Crippen LogP contribution in [0.5, 0.6) is 0 Å². The maximum atomic E-state index is 12.9. The first-order chi connectivity index (χ1) is 16.1. The zero-order valence-electron chi connectivity index (χ0n) is 18.4. The Balaban J connectivity index is 1.38. The van der Waals surface area contributed by atoms with Crippen LogP contribution in [-0.4, -0.2) is 38.7 Å². The molecule has 2 aromatic carbocycles. The van der Waals surface area contributed by atoms with Gasteiger partial charge in [0.25, 0.3) is 11.6 Å². The van der Waals surface area contributed by atoms with E-state index < -0.39 is 4.92 Å². The van der Waals surface area contributed by atoms with Crippen molar-refractivity contribution in [3.8, 4) is 11.4 Å². The Kier molecular flexibility index (Phi) is 5.77. The Morgan fingerprint density at radius 2 is 1.79 bits per heavy atom. The standard InChI is InChI=1S/C24H26N6O3/c31-24(18-10-11-20(21(16-18)30(32)33)28-12-4-5-13-28)25-19-8-6-7-17(15-19)23-27-26-22-9-2-1-3-14-29(22)23/h6-8,10-11,15-16H,1-5,9,12-14H2,(H,25,31). The molecule has 2 aliphatic heterocycles. The third-order valence-electron chi connectivity index (χ3n) is 6.37. The number of nitrogens with zero attached hydrogens (tertiary/aromatic N) is 5. The summed E-state index contributed by atoms with van der Waals surface area (Å²) in [6.45, 7) is 2.48. The molecule has 1 aromatic heterocycles. The molecule has 170 valence electrons. The van der Waals surface area contributed by atoms with E-state index in [1.165, 1.54) is 12.5 Å². The van der Waals surface area contributed by atoms with E-state index in [2.05, 4.69) is 20.1 Å². The van der Waals surface area contributed by atoms with E-state index in [1.807, 2.05) is 23.1 Å². The van der Waals surface area contributed by atoms with Crippen molar-refractivity contribution in [1.82, 2.24) is 14.8 Å². The van der Waals surface area contributed by atoms with Gasteiger partial charge in [-0.25, -0.2) is 0 Å². The summed E-state index contributed by atoms with van der Waals surface area (Å²) in [5.41, 5.74) is 2.28. The molecule has 0 spiro atoms. The minimum atomic E-state index is -0.415. The summed E-state index contributed by atoms with van der Waals surface area (Å²) in [5, 5.41) is 23.3. The monoisotopic (exact) mass is 446 g/mol. The van der Waals surface area contributed by atoms with Crippen LogP contribution in [-0.2, 0) is 13.0 Å². The smallest absolute Gasteiger partial charge is 0.293 e. The number of hydrogen-bond acceptors (Lipinski definition) is 6. The van der Waals surface area contributed by atoms with Crippen LogP contribution in [0, 0.1) is 10.1 Å². The molecule has 0 saturated carbocycles. The molecular weight excluding hydrogens is 420 g/mol. The van der Waals surface area contributed by atoms with Crippen molar-refractivity contribution in [3.63, 3.8) is 0 Å². The fourth-order valence-electron chi connectivity index (χ4n) is 4.67. The number of carbonyl (C=O) groups is 1. The van der Waals surface area contributed by atoms with E-state index in [0.717, 1.165) is 69.0 Å². The summed E-state index contributed by atoms with van der Waals surface area (Å²) < 4.78 is 2.16. The first-order valence-corrected chi connectivity index (χ1v) is 11.5. The molecule has 9 nitrogen and oxygen atoms in total. The minimum Gasteiger partial charge on any atom is -0.366 e. The second-order valence-corrected chi connectivity index (χ2v) is 8.59. The number of nitro groups is 1. The number of rotatable bonds is 5. The van der Waals surface area contributed by atoms with Gasteiger partial charge in [-0.05, 0) is 49.9 Å². The van der Waals surface area contributed by atoms with Gasteiger partial charge in [-0.3, -0.25) is 14.9 Å². The van der Waals surface area contributed by atoms with Gasteiger partial charge in [-0.2, -0.15) is 0 Å². The zero-order valence-corrected chi connectivity index (χ0v) is 18.4. The Hall–Kier alpha value is -3.75. The predicted octanol–water partition coefficient (Wildman–Crippen LogP) is 4.43. The first kappa shape index (κ1) is 21.1. The summed E-state index contributed by atoms with van der Waals surface area (Å²) in [6.07, 6.45) is 6.37. The van der Waals surface area contributed by atoms with Crippen LogP contribution in [0.25, 0.3) is 11.4 Å². The van der Waals surface area contributed by atoms with Crippen LogP contribution in [0.3, 0.4) is 0 Å². The van der Waals surface area contributed by atoms with Gasteiger partial charge in [0.2, 0.25) is 0 Å². The summed E-state index contributed by atoms with van der Waals surface area (Å²) in [4.78, 5) is 26.2. The van der Waals surface area contributed by atoms with E-state index in [0.29, 0.717) is 11.4 Å². The van der Waals surface area contributed by atoms with Crippen molar-refractivity contribution in [2.24, 2.45) is 0 Å². The fourth-order valence-corrected chi connectivity index (χ4v) is 4.67. The van der Waals surface area contributed by atoms with Crippen molar-refractivity contribution < 1.29 is 9.72 Å². The molecule has 2 aliphatic rings. The Morgan fingerprint density at radius 3 is 2.61 bits per heavy atom. The number of hydrogen-bond donors (Lipinski definition) is 1. The van der Waals surface area contributed by atoms with Crippen LogP contribution in [0.1, 0.15) is 48.3 Å². The highest BCUT2D eigenvalue weighted by Gasteiger charge is 2.24. The quantitative estimate of drug-likeness (QED) is 0.459. The average molecular weight is 447 g/mol. The van der Waals surface area contributed by atoms with Crippen LogP contribution in [0.2, 0.25) is 0 Å². The minimum absolute atomic E-state index is 0.0375. The Morgan fingerprint density at radius 1 is 0.970 bits per heavy atom. The number of carbonyl (C=O) groups excluding carboxylic acids is 1. The lowest BCUT2D eigenvalue weighted by Crippen LogP contribution is -2.19. The molecule has 1 saturated heterocycles. The second-order valence-electron chi connectivity index (χ2n) is 8.59. The number of anilines is 2. The lowest BCUT2D eigenvalue weighted by molar-refractivity contribution is -0.384. The summed E-state index contributed by atoms with van der Waals surface area (Å²) in [6, 6.07) is 12.2. The molecule has 3 aromatic rings. The highest BCUT2D eigenvalue weighted by Crippen LogP contribution is 2.32. The zero-order chi connectivity index (χ0) is 22.8. The summed E-state index contributed by atoms with van der Waals surface area (Å²) in [7, 11) is 0. The van der Waals surface area contributed by atoms with Crippen molar-refractivity contribution >= 4 is 23.0 Å². The van der Waals surface area contributed by atoms with Gasteiger partial charge in [0.1, 0.15) is 11.5 Å². The summed E-state index contributed by atoms with van der Waals surface area (Å²) in [5.74, 6) is 1.42. The average Bonchev–Trinajstić information content (AvgIpc) is 3.44. The Bertz CT molecular complexity index is 1200. The van der Waals surface area contributed by atoms with Gasteiger partial charge in [-0.15, -0.1) is 10.2 Å². The maximum absolute atomic E-state index is 12.9. The molecule has 1 fully saturated rings. The summed E-state index contributed by atoms with van der Waals surface area (Å²) >= 11 is 0. The van der Waals surface area contributed by atoms with Crippen LogP contribution in [0.15, 0.2) is 42.5 Å². The number of nitro benzene ring substituents is 1. The van der Waals surface area contributed by atoms with Gasteiger partial charge in [-0.1, -0.05) is 18.6 Å². The largest absolute Gasteiger partial charge is 0.366 e. The van der Waals surface area contributed by atoms with Gasteiger partial charge in [0.15, 0.2) is 5.82 Å². The second kappa shape index (κ2) is 9.01. The number of aromatic nitrogens is 3. The van der Waals surface area contributed by atoms with E-state index >= 15 is 0 Å². The van der Waals surface area contributed by atoms with Crippen LogP contribution >= 0.6 is 0 Å². The lowest BCUT2D eigenvalue weighted by atomic mass is 10.1. The molecule has 33 heavy (non-hydrogen) atoms. The van der Waals surface area contributed by atoms with Gasteiger partial charge in [0.05, 0.1) is 4.92 Å². The third-order valence-corrected chi connectivity index (χ3v) is 6.37. The predicted molar refractivity (Wildman–Crippen MR) is 126 cm³/mol. The molecule has 3 heterocycles. The van der Waals surface area contributed by atoms with Crippen molar-refractivity contribution in [1.29, 1.82) is 0 Å². The highest BCUT2D eigenvalue weighted by molar-refractivity contribution is 6.05. The number of benzene rings is 2. The molecule has 0 bridgehead atoms. The van der Waals surface area contributed by atoms with E-state index in [4.69, 9.17) is 0 Å². The Labute approximate surface area is 191 Å². The molecule has 0 atom stereocenters. The van der Waals surface area contributed by atoms with Crippen molar-refractivity contribution in [2.45, 2.75) is 45.1 Å². The first-order valence-electron chi connectivity index (χ1n) is 11.5. The molecular formula is C24H26N6O3. The molecule has 0 aliphatic carbocycles. The molecule has 1 amide bonds. The van der Waals surface area contributed by atoms with Crippen LogP contribution in [0.4, 0.5) is 17.1 Å². The molecule has 5 rings (SSSR count). The van der Waals surface area contributed by atoms with Gasteiger partial charge < -0.3 is 14.8 Å². The lowest BCUT2D eigenvalue weighted by Gasteiger charge is -2.17. The van der Waals surface area contributed by atoms with Crippen LogP contribution < -0.4 is 10.2 Å². The topological polar surface area (TPSA) is 106 Å². The van der Waals surface area contributed by atoms with Crippen molar-refractivity contribution in [3.05, 3.63) is 64.0 Å². The normalized spacial score (nSPS) is 15.7. The van der Waals surface area contributed by atoms with E-state index in [9.17, 15) is 14.9 Å². The number of fused-ring (bicyclic) bond motifs is 1. The maximum Gasteiger partial charge on any atom is 0.293 e. The van der Waals surface area contributed by atoms with Gasteiger partial charge in [0, 0.05) is 48.9 Å². The van der Waals surface area contributed by atoms with E-state index in [-0.39, 0.29) is 17.2 Å². The SMILES string of the molecule is O=C(Nc1cccc(-c2nnc3n2CCCCC3)c1)c1ccc(N2CCCC2)c([N+](=O)[O-])c1. The van der Waals surface area contributed by atoms with Gasteiger partial charge >= 0.3 is 0 Å². The number of nitrogens with one attached hydrogen (secondary N) is 1. The number of amides is 1. The van der Waals surface area contributed by atoms with Crippen molar-refractivity contribution in [2.75, 3.05) is 23.3 Å². The molecule has 0 unspecified atom stereocenters. The third kappa shape index (κ3) is 4.30. The van der Waals surface area contributed by atoms with E-state index in [1.54, 1.807) is 18.2 Å². The molecule has 9 heteroatoms. The molecule has 0 radical (unpaired) electrons. The highest BCUT2D eigenvalue weighted by atomic mass is 16.6. The fraction of sp³-hybridized carbons (Fsp3) is 0.375.